The van der Waals surface area contributed by atoms with Gasteiger partial charge in [0.1, 0.15) is 18.7 Å². The molecule has 0 radical (unpaired) electrons. The fourth-order valence-electron chi connectivity index (χ4n) is 4.48. The Kier molecular flexibility index (Phi) is 5.09. The third-order valence-corrected chi connectivity index (χ3v) is 6.51. The van der Waals surface area contributed by atoms with Gasteiger partial charge in [0.2, 0.25) is 5.91 Å². The highest BCUT2D eigenvalue weighted by Crippen LogP contribution is 2.31. The predicted octanol–water partition coefficient (Wildman–Crippen LogP) is 2.00. The van der Waals surface area contributed by atoms with Gasteiger partial charge < -0.3 is 15.0 Å². The summed E-state index contributed by atoms with van der Waals surface area (Å²) in [5, 5.41) is 6.58. The van der Waals surface area contributed by atoms with E-state index in [0.717, 1.165) is 12.8 Å². The van der Waals surface area contributed by atoms with Gasteiger partial charge in [0.25, 0.3) is 5.91 Å². The van der Waals surface area contributed by atoms with Crippen LogP contribution in [-0.2, 0) is 14.3 Å². The van der Waals surface area contributed by atoms with Crippen molar-refractivity contribution in [2.45, 2.75) is 56.7 Å². The Morgan fingerprint density at radius 2 is 2.12 bits per heavy atom. The summed E-state index contributed by atoms with van der Waals surface area (Å²) in [4.78, 5) is 39.6. The third-order valence-electron chi connectivity index (χ3n) is 5.83. The minimum absolute atomic E-state index is 0.0235. The number of thiophene rings is 1. The van der Waals surface area contributed by atoms with Crippen LogP contribution in [0.15, 0.2) is 16.8 Å². The van der Waals surface area contributed by atoms with Crippen LogP contribution in [0.2, 0.25) is 0 Å². The van der Waals surface area contributed by atoms with Crippen LogP contribution in [0.1, 0.15) is 48.9 Å². The Morgan fingerprint density at radius 1 is 1.31 bits per heavy atom. The van der Waals surface area contributed by atoms with Crippen LogP contribution < -0.4 is 5.32 Å². The molecule has 1 saturated carbocycles. The first-order valence-corrected chi connectivity index (χ1v) is 10.4. The SMILES string of the molecule is O=C(N[C@@H](CC1CCCC1)C(=O)N1CC[C@H]2OCC(=O)[C@H]21)c1ccsc1. The van der Waals surface area contributed by atoms with E-state index in [4.69, 9.17) is 4.74 Å². The van der Waals surface area contributed by atoms with Crippen LogP contribution in [0.3, 0.4) is 0 Å². The van der Waals surface area contributed by atoms with Crippen LogP contribution in [0.25, 0.3) is 0 Å². The van der Waals surface area contributed by atoms with E-state index < -0.39 is 12.1 Å². The molecule has 0 aromatic carbocycles. The zero-order valence-corrected chi connectivity index (χ0v) is 15.5. The van der Waals surface area contributed by atoms with E-state index in [1.165, 1.54) is 24.2 Å². The van der Waals surface area contributed by atoms with Crippen LogP contribution in [-0.4, -0.2) is 53.8 Å². The minimum atomic E-state index is -0.572. The maximum atomic E-state index is 13.2. The molecule has 3 aliphatic rings. The van der Waals surface area contributed by atoms with Gasteiger partial charge in [-0.3, -0.25) is 14.4 Å². The van der Waals surface area contributed by atoms with Gasteiger partial charge in [-0.25, -0.2) is 0 Å². The van der Waals surface area contributed by atoms with Gasteiger partial charge in [0, 0.05) is 11.9 Å². The fourth-order valence-corrected chi connectivity index (χ4v) is 5.11. The molecule has 7 heteroatoms. The summed E-state index contributed by atoms with van der Waals surface area (Å²) in [6, 6.07) is 0.724. The van der Waals surface area contributed by atoms with E-state index in [2.05, 4.69) is 5.32 Å². The molecule has 0 bridgehead atoms. The largest absolute Gasteiger partial charge is 0.368 e. The Bertz CT molecular complexity index is 684. The number of hydrogen-bond acceptors (Lipinski definition) is 5. The van der Waals surface area contributed by atoms with E-state index in [1.54, 1.807) is 16.3 Å². The second-order valence-electron chi connectivity index (χ2n) is 7.51. The molecule has 2 amide bonds. The highest BCUT2D eigenvalue weighted by atomic mass is 32.1. The van der Waals surface area contributed by atoms with Crippen LogP contribution in [0, 0.1) is 5.92 Å². The second kappa shape index (κ2) is 7.48. The number of carbonyl (C=O) groups excluding carboxylic acids is 3. The van der Waals surface area contributed by atoms with Gasteiger partial charge in [-0.15, -0.1) is 0 Å². The van der Waals surface area contributed by atoms with Crippen molar-refractivity contribution in [3.63, 3.8) is 0 Å². The number of carbonyl (C=O) groups is 3. The molecule has 1 aliphatic carbocycles. The first kappa shape index (κ1) is 17.7. The Morgan fingerprint density at radius 3 is 2.85 bits per heavy atom. The summed E-state index contributed by atoms with van der Waals surface area (Å²) in [6.45, 7) is 0.614. The van der Waals surface area contributed by atoms with Gasteiger partial charge in [-0.1, -0.05) is 25.7 Å². The van der Waals surface area contributed by atoms with Gasteiger partial charge in [0.05, 0.1) is 11.7 Å². The Hall–Kier alpha value is -1.73. The topological polar surface area (TPSA) is 75.7 Å². The molecule has 1 aromatic heterocycles. The summed E-state index contributed by atoms with van der Waals surface area (Å²) in [5.74, 6) is 0.0875. The highest BCUT2D eigenvalue weighted by Gasteiger charge is 2.48. The molecule has 26 heavy (non-hydrogen) atoms. The number of rotatable bonds is 5. The van der Waals surface area contributed by atoms with Crippen molar-refractivity contribution in [1.29, 1.82) is 0 Å². The Labute approximate surface area is 156 Å². The van der Waals surface area contributed by atoms with Crippen molar-refractivity contribution < 1.29 is 19.1 Å². The number of nitrogens with zero attached hydrogens (tertiary/aromatic N) is 1. The highest BCUT2D eigenvalue weighted by molar-refractivity contribution is 7.08. The van der Waals surface area contributed by atoms with E-state index >= 15 is 0 Å². The Balaban J connectivity index is 1.50. The van der Waals surface area contributed by atoms with Crippen molar-refractivity contribution in [2.24, 2.45) is 5.92 Å². The lowest BCUT2D eigenvalue weighted by atomic mass is 9.96. The molecular weight excluding hydrogens is 352 g/mol. The number of Topliss-reactive ketones (excluding diaryl/α,β-unsaturated/α-hetero) is 1. The quantitative estimate of drug-likeness (QED) is 0.853. The summed E-state index contributed by atoms with van der Waals surface area (Å²) in [6.07, 6.45) is 5.74. The maximum Gasteiger partial charge on any atom is 0.252 e. The molecule has 4 rings (SSSR count). The van der Waals surface area contributed by atoms with Crippen LogP contribution in [0.5, 0.6) is 0 Å². The van der Waals surface area contributed by atoms with Gasteiger partial charge in [-0.2, -0.15) is 11.3 Å². The summed E-state index contributed by atoms with van der Waals surface area (Å²) in [5.41, 5.74) is 0.582. The van der Waals surface area contributed by atoms with Gasteiger partial charge in [-0.05, 0) is 30.2 Å². The number of nitrogens with one attached hydrogen (secondary N) is 1. The molecule has 3 heterocycles. The molecule has 3 fully saturated rings. The molecule has 0 spiro atoms. The molecule has 6 nitrogen and oxygen atoms in total. The smallest absolute Gasteiger partial charge is 0.252 e. The number of fused-ring (bicyclic) bond motifs is 1. The average Bonchev–Trinajstić information content (AvgIpc) is 3.41. The van der Waals surface area contributed by atoms with Crippen molar-refractivity contribution in [1.82, 2.24) is 10.2 Å². The molecule has 1 N–H and O–H groups in total. The van der Waals surface area contributed by atoms with Crippen molar-refractivity contribution in [3.8, 4) is 0 Å². The lowest BCUT2D eigenvalue weighted by Crippen LogP contribution is -2.52. The lowest BCUT2D eigenvalue weighted by molar-refractivity contribution is -0.138. The molecule has 1 aromatic rings. The van der Waals surface area contributed by atoms with Crippen molar-refractivity contribution >= 4 is 28.9 Å². The number of likely N-dealkylation sites (tertiary alicyclic amines) is 1. The van der Waals surface area contributed by atoms with Gasteiger partial charge >= 0.3 is 0 Å². The molecule has 2 aliphatic heterocycles. The monoisotopic (exact) mass is 376 g/mol. The number of ether oxygens (including phenoxy) is 1. The molecule has 0 unspecified atom stereocenters. The second-order valence-corrected chi connectivity index (χ2v) is 8.29. The predicted molar refractivity (Wildman–Crippen MR) is 97.0 cm³/mol. The van der Waals surface area contributed by atoms with E-state index in [1.807, 2.05) is 5.38 Å². The average molecular weight is 376 g/mol. The summed E-state index contributed by atoms with van der Waals surface area (Å²) >= 11 is 1.46. The third kappa shape index (κ3) is 3.42. The zero-order chi connectivity index (χ0) is 18.1. The van der Waals surface area contributed by atoms with Crippen LogP contribution >= 0.6 is 11.3 Å². The first-order valence-electron chi connectivity index (χ1n) is 9.41. The fraction of sp³-hybridized carbons (Fsp3) is 0.632. The van der Waals surface area contributed by atoms with E-state index in [9.17, 15) is 14.4 Å². The number of hydrogen-bond donors (Lipinski definition) is 1. The number of amides is 2. The molecule has 140 valence electrons. The molecule has 2 saturated heterocycles. The summed E-state index contributed by atoms with van der Waals surface area (Å²) < 4.78 is 5.49. The van der Waals surface area contributed by atoms with Gasteiger partial charge in [0.15, 0.2) is 5.78 Å². The van der Waals surface area contributed by atoms with E-state index in [-0.39, 0.29) is 30.3 Å². The molecular formula is C19H24N2O4S. The maximum absolute atomic E-state index is 13.2. The number of ketones is 1. The van der Waals surface area contributed by atoms with Crippen molar-refractivity contribution in [2.75, 3.05) is 13.2 Å². The lowest BCUT2D eigenvalue weighted by Gasteiger charge is -2.29. The first-order chi connectivity index (χ1) is 12.6. The molecule has 3 atom stereocenters. The van der Waals surface area contributed by atoms with E-state index in [0.29, 0.717) is 30.9 Å². The minimum Gasteiger partial charge on any atom is -0.368 e. The summed E-state index contributed by atoms with van der Waals surface area (Å²) in [7, 11) is 0. The normalized spacial score (nSPS) is 26.9. The van der Waals surface area contributed by atoms with Crippen molar-refractivity contribution in [3.05, 3.63) is 22.4 Å². The van der Waals surface area contributed by atoms with Crippen LogP contribution in [0.4, 0.5) is 0 Å². The standard InChI is InChI=1S/C19H24N2O4S/c22-15-10-25-16-5-7-21(17(15)16)19(24)14(9-12-3-1-2-4-12)20-18(23)13-6-8-26-11-13/h6,8,11-12,14,16-17H,1-5,7,9-10H2,(H,20,23)/t14-,16+,17+/m0/s1. The zero-order valence-electron chi connectivity index (χ0n) is 14.7.